The van der Waals surface area contributed by atoms with Gasteiger partial charge in [-0.15, -0.1) is 0 Å². The van der Waals surface area contributed by atoms with Gasteiger partial charge >= 0.3 is 5.97 Å². The van der Waals surface area contributed by atoms with Gasteiger partial charge in [0.1, 0.15) is 23.8 Å². The molecule has 2 fully saturated rings. The van der Waals surface area contributed by atoms with Crippen LogP contribution < -0.4 is 21.1 Å². The van der Waals surface area contributed by atoms with Gasteiger partial charge in [0, 0.05) is 81.8 Å². The highest BCUT2D eigenvalue weighted by Crippen LogP contribution is 2.42. The molecule has 6 heterocycles. The number of hydrogen-bond acceptors (Lipinski definition) is 9. The number of aromatic nitrogens is 3. The first-order valence-corrected chi connectivity index (χ1v) is 17.6. The van der Waals surface area contributed by atoms with Crippen molar-refractivity contribution in [3.05, 3.63) is 81.7 Å². The number of pyridine rings is 2. The van der Waals surface area contributed by atoms with E-state index in [0.29, 0.717) is 29.8 Å². The number of benzene rings is 1. The smallest absolute Gasteiger partial charge is 0.302 e. The van der Waals surface area contributed by atoms with Crippen LogP contribution in [0.5, 0.6) is 0 Å². The largest absolute Gasteiger partial charge is 0.461 e. The van der Waals surface area contributed by atoms with E-state index in [-0.39, 0.29) is 18.1 Å². The monoisotopic (exact) mass is 677 g/mol. The maximum Gasteiger partial charge on any atom is 0.302 e. The molecule has 4 aliphatic rings. The number of nitrogens with one attached hydrogen (secondary N) is 2. The van der Waals surface area contributed by atoms with Gasteiger partial charge in [0.25, 0.3) is 11.5 Å². The van der Waals surface area contributed by atoms with Crippen LogP contribution in [0.2, 0.25) is 0 Å². The van der Waals surface area contributed by atoms with Crippen LogP contribution in [0.15, 0.2) is 53.6 Å². The first kappa shape index (κ1) is 32.3. The van der Waals surface area contributed by atoms with Gasteiger partial charge in [-0.2, -0.15) is 0 Å². The highest BCUT2D eigenvalue weighted by Gasteiger charge is 2.33. The molecule has 4 aromatic rings. The quantitative estimate of drug-likeness (QED) is 0.268. The number of amides is 1. The first-order valence-electron chi connectivity index (χ1n) is 17.6. The molecule has 12 nitrogen and oxygen atoms in total. The molecule has 1 aliphatic carbocycles. The van der Waals surface area contributed by atoms with Crippen LogP contribution >= 0.6 is 0 Å². The van der Waals surface area contributed by atoms with Crippen LogP contribution in [-0.4, -0.2) is 82.9 Å². The third kappa shape index (κ3) is 5.96. The van der Waals surface area contributed by atoms with E-state index in [4.69, 9.17) is 9.47 Å². The van der Waals surface area contributed by atoms with E-state index in [9.17, 15) is 14.4 Å². The van der Waals surface area contributed by atoms with Crippen molar-refractivity contribution in [2.75, 3.05) is 56.2 Å². The van der Waals surface area contributed by atoms with Gasteiger partial charge in [-0.1, -0.05) is 18.2 Å². The highest BCUT2D eigenvalue weighted by molar-refractivity contribution is 6.02. The summed E-state index contributed by atoms with van der Waals surface area (Å²) in [5, 5.41) is 6.31. The Balaban J connectivity index is 1.13. The molecule has 0 bridgehead atoms. The Morgan fingerprint density at radius 3 is 2.58 bits per heavy atom. The molecular formula is C38H43N7O5. The van der Waals surface area contributed by atoms with Crippen LogP contribution in [0.3, 0.4) is 0 Å². The summed E-state index contributed by atoms with van der Waals surface area (Å²) in [6.07, 6.45) is 7.63. The molecule has 1 aromatic carbocycles. The Morgan fingerprint density at radius 2 is 1.84 bits per heavy atom. The van der Waals surface area contributed by atoms with E-state index in [2.05, 4.69) is 30.0 Å². The van der Waals surface area contributed by atoms with Gasteiger partial charge in [-0.05, 0) is 60.6 Å². The predicted octanol–water partition coefficient (Wildman–Crippen LogP) is 3.87. The molecule has 0 unspecified atom stereocenters. The van der Waals surface area contributed by atoms with Crippen molar-refractivity contribution in [1.29, 1.82) is 0 Å². The molecule has 1 amide bonds. The second-order valence-corrected chi connectivity index (χ2v) is 13.7. The summed E-state index contributed by atoms with van der Waals surface area (Å²) in [4.78, 5) is 48.5. The number of esters is 1. The molecule has 0 atom stereocenters. The fourth-order valence-electron chi connectivity index (χ4n) is 7.94. The molecule has 8 rings (SSSR count). The molecule has 0 saturated carbocycles. The number of carbonyl (C=O) groups excluding carboxylic acids is 2. The van der Waals surface area contributed by atoms with Gasteiger partial charge in [0.2, 0.25) is 0 Å². The Labute approximate surface area is 291 Å². The molecule has 50 heavy (non-hydrogen) atoms. The zero-order chi connectivity index (χ0) is 34.4. The number of nitrogens with zero attached hydrogens (tertiary/aromatic N) is 5. The number of carbonyl (C=O) groups is 2. The fourth-order valence-corrected chi connectivity index (χ4v) is 7.94. The maximum atomic E-state index is 13.4. The summed E-state index contributed by atoms with van der Waals surface area (Å²) in [5.74, 6) is 0.0967. The lowest BCUT2D eigenvalue weighted by atomic mass is 9.87. The molecule has 3 aromatic heterocycles. The number of ether oxygens (including phenoxy) is 2. The van der Waals surface area contributed by atoms with Crippen LogP contribution in [0.4, 0.5) is 17.2 Å². The molecule has 260 valence electrons. The lowest BCUT2D eigenvalue weighted by Gasteiger charge is -2.43. The lowest BCUT2D eigenvalue weighted by Crippen LogP contribution is -2.56. The summed E-state index contributed by atoms with van der Waals surface area (Å²) >= 11 is 0. The third-order valence-corrected chi connectivity index (χ3v) is 10.6. The molecule has 0 radical (unpaired) electrons. The van der Waals surface area contributed by atoms with E-state index < -0.39 is 5.97 Å². The standard InChI is InChI=1S/C38H43N7O5/c1-24(46)50-23-31-28(7-5-8-29(31)35-30-6-3-4-9-33(30)45-13-12-39-37(47)36(35)45)25-18-32(38(48)42(2)20-25)41-34-11-10-26(19-40-34)43-14-16-44(17-15-43)27-21-49-22-27/h5,7-8,10-11,18-20,27H,3-4,6,9,12-17,21-23H2,1-2H3,(H,39,47)(H,40,41). The van der Waals surface area contributed by atoms with Gasteiger partial charge in [0.15, 0.2) is 0 Å². The third-order valence-electron chi connectivity index (χ3n) is 10.6. The number of hydrogen-bond donors (Lipinski definition) is 2. The van der Waals surface area contributed by atoms with Crippen LogP contribution in [-0.2, 0) is 47.3 Å². The average Bonchev–Trinajstić information content (AvgIpc) is 3.44. The van der Waals surface area contributed by atoms with Gasteiger partial charge in [0.05, 0.1) is 31.1 Å². The number of fused-ring (bicyclic) bond motifs is 3. The van der Waals surface area contributed by atoms with E-state index in [0.717, 1.165) is 105 Å². The molecule has 3 aliphatic heterocycles. The zero-order valence-corrected chi connectivity index (χ0v) is 28.7. The SMILES string of the molecule is CC(=O)OCc1c(-c2cc(Nc3ccc(N4CCN(C5COC5)CC4)cn3)c(=O)n(C)c2)cccc1-c1c2c(n3c1C(=O)NCC3)CCCC2. The first-order chi connectivity index (χ1) is 24.4. The van der Waals surface area contributed by atoms with Crippen LogP contribution in [0, 0.1) is 0 Å². The zero-order valence-electron chi connectivity index (χ0n) is 28.7. The van der Waals surface area contributed by atoms with Crippen molar-refractivity contribution in [2.45, 2.75) is 51.8 Å². The molecule has 2 N–H and O–H groups in total. The topological polar surface area (TPSA) is 123 Å². The van der Waals surface area contributed by atoms with Gasteiger partial charge < -0.3 is 34.1 Å². The van der Waals surface area contributed by atoms with E-state index >= 15 is 0 Å². The predicted molar refractivity (Wildman–Crippen MR) is 191 cm³/mol. The summed E-state index contributed by atoms with van der Waals surface area (Å²) in [6.45, 7) is 8.29. The summed E-state index contributed by atoms with van der Waals surface area (Å²) in [6, 6.07) is 12.3. The van der Waals surface area contributed by atoms with Crippen molar-refractivity contribution in [2.24, 2.45) is 7.05 Å². The minimum Gasteiger partial charge on any atom is -0.461 e. The summed E-state index contributed by atoms with van der Waals surface area (Å²) in [7, 11) is 1.73. The minimum absolute atomic E-state index is 0.0270. The summed E-state index contributed by atoms with van der Waals surface area (Å²) < 4.78 is 14.8. The minimum atomic E-state index is -0.392. The van der Waals surface area contributed by atoms with E-state index in [1.54, 1.807) is 17.8 Å². The second-order valence-electron chi connectivity index (χ2n) is 13.7. The Morgan fingerprint density at radius 1 is 1.04 bits per heavy atom. The van der Waals surface area contributed by atoms with E-state index in [1.165, 1.54) is 18.2 Å². The Hall–Kier alpha value is -4.94. The van der Waals surface area contributed by atoms with Crippen molar-refractivity contribution in [3.8, 4) is 22.3 Å². The highest BCUT2D eigenvalue weighted by atomic mass is 16.5. The summed E-state index contributed by atoms with van der Waals surface area (Å²) in [5.41, 5.74) is 8.53. The lowest BCUT2D eigenvalue weighted by molar-refractivity contribution is -0.142. The Bertz CT molecular complexity index is 2000. The van der Waals surface area contributed by atoms with Crippen LogP contribution in [0.1, 0.15) is 47.1 Å². The normalized spacial score (nSPS) is 17.8. The Kier molecular flexibility index (Phi) is 8.65. The van der Waals surface area contributed by atoms with Crippen molar-refractivity contribution < 1.29 is 19.1 Å². The number of anilines is 3. The van der Waals surface area contributed by atoms with E-state index in [1.807, 2.05) is 42.6 Å². The average molecular weight is 678 g/mol. The molecule has 12 heteroatoms. The van der Waals surface area contributed by atoms with Gasteiger partial charge in [-0.25, -0.2) is 4.98 Å². The molecular weight excluding hydrogens is 634 g/mol. The number of piperazine rings is 1. The molecule has 2 saturated heterocycles. The van der Waals surface area contributed by atoms with Crippen molar-refractivity contribution >= 4 is 29.1 Å². The maximum absolute atomic E-state index is 13.4. The second kappa shape index (κ2) is 13.4. The van der Waals surface area contributed by atoms with Crippen molar-refractivity contribution in [3.63, 3.8) is 0 Å². The van der Waals surface area contributed by atoms with Crippen LogP contribution in [0.25, 0.3) is 22.3 Å². The number of aryl methyl sites for hydroxylation is 1. The fraction of sp³-hybridized carbons (Fsp3) is 0.421. The van der Waals surface area contributed by atoms with Crippen molar-refractivity contribution in [1.82, 2.24) is 24.3 Å². The number of rotatable bonds is 8. The van der Waals surface area contributed by atoms with Gasteiger partial charge in [-0.3, -0.25) is 19.3 Å². The molecule has 0 spiro atoms.